The van der Waals surface area contributed by atoms with Gasteiger partial charge in [0, 0.05) is 36.3 Å². The Bertz CT molecular complexity index is 1220. The average Bonchev–Trinajstić information content (AvgIpc) is 3.39. The van der Waals surface area contributed by atoms with Crippen molar-refractivity contribution in [1.29, 1.82) is 0 Å². The van der Waals surface area contributed by atoms with Crippen LogP contribution in [0.15, 0.2) is 47.3 Å². The van der Waals surface area contributed by atoms with E-state index >= 15 is 0 Å². The standard InChI is InChI=1S/C31H38N2O4/c1-20(2)17-33(27(34)9-8-22-11-15-36-19-22)24-10-12-31(35)26-16-23-4-3-5-25-28(23)30(31,29(24)37-25)13-14-32(26)18-21-6-7-21/h3-5,8-9,11,15,19-21,24,26,29,35H,6-7,10,12-14,16-18H2,1-2H3/b9-8+/t24-,26+,29-,30-,31+/m0/s1. The molecular formula is C31H38N2O4. The van der Waals surface area contributed by atoms with Gasteiger partial charge in [0.15, 0.2) is 0 Å². The van der Waals surface area contributed by atoms with Crippen molar-refractivity contribution in [2.75, 3.05) is 19.6 Å². The van der Waals surface area contributed by atoms with Crippen LogP contribution in [0.3, 0.4) is 0 Å². The van der Waals surface area contributed by atoms with E-state index in [2.05, 4.69) is 36.9 Å². The molecule has 5 aliphatic rings. The first kappa shape index (κ1) is 23.5. The zero-order chi connectivity index (χ0) is 25.4. The number of furan rings is 1. The molecule has 1 aromatic heterocycles. The number of ether oxygens (including phenoxy) is 1. The summed E-state index contributed by atoms with van der Waals surface area (Å²) in [4.78, 5) is 18.3. The Morgan fingerprint density at radius 3 is 2.86 bits per heavy atom. The molecule has 1 aromatic carbocycles. The Balaban J connectivity index is 1.28. The van der Waals surface area contributed by atoms with Crippen LogP contribution >= 0.6 is 0 Å². The van der Waals surface area contributed by atoms with Gasteiger partial charge in [0.1, 0.15) is 11.9 Å². The van der Waals surface area contributed by atoms with E-state index in [9.17, 15) is 9.90 Å². The van der Waals surface area contributed by atoms with E-state index < -0.39 is 11.0 Å². The van der Waals surface area contributed by atoms with Crippen LogP contribution in [0.4, 0.5) is 0 Å². The normalized spacial score (nSPS) is 34.0. The number of rotatable bonds is 7. The summed E-state index contributed by atoms with van der Waals surface area (Å²) in [6.45, 7) is 7.07. The molecule has 6 nitrogen and oxygen atoms in total. The largest absolute Gasteiger partial charge is 0.487 e. The number of hydrogen-bond donors (Lipinski definition) is 1. The first-order valence-electron chi connectivity index (χ1n) is 14.2. The number of benzene rings is 1. The third-order valence-electron chi connectivity index (χ3n) is 9.84. The molecule has 1 saturated heterocycles. The van der Waals surface area contributed by atoms with E-state index in [1.54, 1.807) is 18.6 Å². The van der Waals surface area contributed by atoms with Crippen LogP contribution in [0.1, 0.15) is 62.6 Å². The van der Waals surface area contributed by atoms with Gasteiger partial charge in [0.25, 0.3) is 0 Å². The minimum absolute atomic E-state index is 0.0000446. The summed E-state index contributed by atoms with van der Waals surface area (Å²) in [5, 5.41) is 12.7. The number of carbonyl (C=O) groups excluding carboxylic acids is 1. The molecule has 1 amide bonds. The van der Waals surface area contributed by atoms with Crippen molar-refractivity contribution >= 4 is 12.0 Å². The Labute approximate surface area is 219 Å². The summed E-state index contributed by atoms with van der Waals surface area (Å²) in [5.41, 5.74) is 2.15. The molecule has 7 rings (SSSR count). The maximum atomic E-state index is 13.7. The molecular weight excluding hydrogens is 464 g/mol. The van der Waals surface area contributed by atoms with Crippen LogP contribution in [-0.4, -0.2) is 64.2 Å². The summed E-state index contributed by atoms with van der Waals surface area (Å²) >= 11 is 0. The fraction of sp³-hybridized carbons (Fsp3) is 0.581. The lowest BCUT2D eigenvalue weighted by molar-refractivity contribution is -0.201. The van der Waals surface area contributed by atoms with Crippen molar-refractivity contribution in [3.8, 4) is 5.75 Å². The zero-order valence-corrected chi connectivity index (χ0v) is 21.9. The van der Waals surface area contributed by atoms with Gasteiger partial charge in [-0.3, -0.25) is 9.69 Å². The molecule has 2 bridgehead atoms. The quantitative estimate of drug-likeness (QED) is 0.568. The molecule has 0 radical (unpaired) electrons. The summed E-state index contributed by atoms with van der Waals surface area (Å²) < 4.78 is 12.0. The molecule has 1 spiro atoms. The van der Waals surface area contributed by atoms with Gasteiger partial charge in [-0.15, -0.1) is 0 Å². The highest BCUT2D eigenvalue weighted by molar-refractivity contribution is 5.92. The first-order chi connectivity index (χ1) is 17.9. The topological polar surface area (TPSA) is 66.2 Å². The van der Waals surface area contributed by atoms with Crippen molar-refractivity contribution in [2.45, 2.75) is 81.6 Å². The maximum absolute atomic E-state index is 13.7. The summed E-state index contributed by atoms with van der Waals surface area (Å²) in [6, 6.07) is 8.31. The Hall–Kier alpha value is -2.57. The second-order valence-corrected chi connectivity index (χ2v) is 12.5. The summed E-state index contributed by atoms with van der Waals surface area (Å²) in [7, 11) is 0. The van der Waals surface area contributed by atoms with Crippen LogP contribution in [0.2, 0.25) is 0 Å². The second-order valence-electron chi connectivity index (χ2n) is 12.5. The fourth-order valence-electron chi connectivity index (χ4n) is 8.16. The Morgan fingerprint density at radius 1 is 1.24 bits per heavy atom. The number of hydrogen-bond acceptors (Lipinski definition) is 5. The van der Waals surface area contributed by atoms with Crippen molar-refractivity contribution in [2.24, 2.45) is 11.8 Å². The number of piperidine rings is 1. The Kier molecular flexibility index (Phi) is 5.39. The number of likely N-dealkylation sites (tertiary alicyclic amines) is 1. The van der Waals surface area contributed by atoms with Gasteiger partial charge in [-0.25, -0.2) is 0 Å². The first-order valence-corrected chi connectivity index (χ1v) is 14.2. The number of nitrogens with zero attached hydrogens (tertiary/aromatic N) is 2. The van der Waals surface area contributed by atoms with Gasteiger partial charge in [-0.05, 0) is 80.7 Å². The fourth-order valence-corrected chi connectivity index (χ4v) is 8.16. The smallest absolute Gasteiger partial charge is 0.246 e. The predicted octanol–water partition coefficient (Wildman–Crippen LogP) is 4.41. The molecule has 5 atom stereocenters. The molecule has 37 heavy (non-hydrogen) atoms. The highest BCUT2D eigenvalue weighted by atomic mass is 16.5. The predicted molar refractivity (Wildman–Crippen MR) is 141 cm³/mol. The van der Waals surface area contributed by atoms with Gasteiger partial charge in [0.2, 0.25) is 5.91 Å². The molecule has 3 heterocycles. The SMILES string of the molecule is CC(C)CN(C(=O)/C=C/c1ccoc1)[C@H]1CC[C@@]2(O)[C@H]3Cc4cccc5c4[C@@]2(CCN3CC2CC2)[C@H]1O5. The molecule has 6 heteroatoms. The summed E-state index contributed by atoms with van der Waals surface area (Å²) in [6.07, 6.45) is 12.4. The molecule has 3 aliphatic carbocycles. The van der Waals surface area contributed by atoms with Gasteiger partial charge >= 0.3 is 0 Å². The highest BCUT2D eigenvalue weighted by Gasteiger charge is 2.73. The van der Waals surface area contributed by atoms with Crippen molar-refractivity contribution in [3.05, 3.63) is 59.6 Å². The van der Waals surface area contributed by atoms with Crippen LogP contribution in [0.5, 0.6) is 5.75 Å². The van der Waals surface area contributed by atoms with Gasteiger partial charge in [0.05, 0.1) is 29.6 Å². The average molecular weight is 503 g/mol. The lowest BCUT2D eigenvalue weighted by Gasteiger charge is -2.65. The lowest BCUT2D eigenvalue weighted by atomic mass is 9.48. The molecule has 196 valence electrons. The molecule has 1 N–H and O–H groups in total. The van der Waals surface area contributed by atoms with Gasteiger partial charge in [-0.1, -0.05) is 26.0 Å². The summed E-state index contributed by atoms with van der Waals surface area (Å²) in [5.74, 6) is 2.04. The highest BCUT2D eigenvalue weighted by Crippen LogP contribution is 2.64. The van der Waals surface area contributed by atoms with Crippen LogP contribution in [0, 0.1) is 11.8 Å². The number of amides is 1. The molecule has 2 aromatic rings. The second kappa shape index (κ2) is 8.47. The van der Waals surface area contributed by atoms with E-state index in [1.807, 2.05) is 17.0 Å². The van der Waals surface area contributed by atoms with Crippen LogP contribution in [-0.2, 0) is 16.6 Å². The van der Waals surface area contributed by atoms with Gasteiger partial charge in [-0.2, -0.15) is 0 Å². The van der Waals surface area contributed by atoms with Crippen molar-refractivity contribution in [3.63, 3.8) is 0 Å². The number of aliphatic hydroxyl groups is 1. The van der Waals surface area contributed by atoms with E-state index in [0.29, 0.717) is 18.9 Å². The number of carbonyl (C=O) groups is 1. The third-order valence-corrected chi connectivity index (χ3v) is 9.84. The molecule has 2 saturated carbocycles. The van der Waals surface area contributed by atoms with Crippen LogP contribution in [0.25, 0.3) is 6.08 Å². The monoisotopic (exact) mass is 502 g/mol. The molecule has 3 fully saturated rings. The molecule has 0 unspecified atom stereocenters. The lowest BCUT2D eigenvalue weighted by Crippen LogP contribution is -2.78. The van der Waals surface area contributed by atoms with E-state index in [0.717, 1.165) is 49.6 Å². The minimum Gasteiger partial charge on any atom is -0.487 e. The van der Waals surface area contributed by atoms with Crippen molar-refractivity contribution < 1.29 is 19.1 Å². The van der Waals surface area contributed by atoms with E-state index in [4.69, 9.17) is 9.15 Å². The van der Waals surface area contributed by atoms with Crippen molar-refractivity contribution in [1.82, 2.24) is 9.80 Å². The van der Waals surface area contributed by atoms with E-state index in [1.165, 1.54) is 24.0 Å². The third kappa shape index (κ3) is 3.48. The van der Waals surface area contributed by atoms with Crippen LogP contribution < -0.4 is 4.74 Å². The molecule has 2 aliphatic heterocycles. The maximum Gasteiger partial charge on any atom is 0.246 e. The minimum atomic E-state index is -0.833. The van der Waals surface area contributed by atoms with E-state index in [-0.39, 0.29) is 24.1 Å². The van der Waals surface area contributed by atoms with Gasteiger partial charge < -0.3 is 19.2 Å². The zero-order valence-electron chi connectivity index (χ0n) is 21.9. The Morgan fingerprint density at radius 2 is 2.11 bits per heavy atom.